The van der Waals surface area contributed by atoms with Gasteiger partial charge in [-0.2, -0.15) is 0 Å². The van der Waals surface area contributed by atoms with Gasteiger partial charge in [-0.15, -0.1) is 0 Å². The van der Waals surface area contributed by atoms with Crippen molar-refractivity contribution in [3.63, 3.8) is 0 Å². The Labute approximate surface area is 76.3 Å². The molecule has 1 unspecified atom stereocenters. The summed E-state index contributed by atoms with van der Waals surface area (Å²) in [7, 11) is 6.22. The highest BCUT2D eigenvalue weighted by Crippen LogP contribution is 1.99. The number of nitrogens with zero attached hydrogens (tertiary/aromatic N) is 2. The molecule has 0 rings (SSSR count). The van der Waals surface area contributed by atoms with Crippen LogP contribution >= 0.6 is 0 Å². The molecule has 3 nitrogen and oxygen atoms in total. The molecule has 0 N–H and O–H groups in total. The van der Waals surface area contributed by atoms with Crippen LogP contribution in [0.5, 0.6) is 0 Å². The van der Waals surface area contributed by atoms with Gasteiger partial charge < -0.3 is 9.64 Å². The second-order valence-electron chi connectivity index (χ2n) is 3.25. The Kier molecular flexibility index (Phi) is 6.34. The molecule has 0 saturated carbocycles. The topological polar surface area (TPSA) is 15.7 Å². The van der Waals surface area contributed by atoms with Gasteiger partial charge in [-0.1, -0.05) is 6.92 Å². The summed E-state index contributed by atoms with van der Waals surface area (Å²) in [6.07, 6.45) is 0.231. The third-order valence-electron chi connectivity index (χ3n) is 1.87. The maximum Gasteiger partial charge on any atom is 0.123 e. The van der Waals surface area contributed by atoms with E-state index in [9.17, 15) is 0 Å². The number of rotatable bonds is 6. The zero-order chi connectivity index (χ0) is 9.56. The molecular formula is C9H22N2O. The van der Waals surface area contributed by atoms with Crippen molar-refractivity contribution in [2.75, 3.05) is 40.8 Å². The third-order valence-corrected chi connectivity index (χ3v) is 1.87. The lowest BCUT2D eigenvalue weighted by Crippen LogP contribution is -2.41. The first-order valence-corrected chi connectivity index (χ1v) is 4.58. The molecule has 0 fully saturated rings. The zero-order valence-corrected chi connectivity index (χ0v) is 9.00. The maximum absolute atomic E-state index is 5.59. The summed E-state index contributed by atoms with van der Waals surface area (Å²) >= 11 is 0. The zero-order valence-electron chi connectivity index (χ0n) is 9.00. The molecule has 3 heteroatoms. The predicted octanol–water partition coefficient (Wildman–Crippen LogP) is 0.862. The summed E-state index contributed by atoms with van der Waals surface area (Å²) in [5, 5.41) is 0. The van der Waals surface area contributed by atoms with Crippen LogP contribution in [-0.2, 0) is 4.74 Å². The Morgan fingerprint density at radius 3 is 2.08 bits per heavy atom. The highest BCUT2D eigenvalue weighted by molar-refractivity contribution is 4.59. The number of likely N-dealkylation sites (N-methyl/N-ethyl adjacent to an activating group) is 2. The smallest absolute Gasteiger partial charge is 0.123 e. The molecule has 0 bridgehead atoms. The van der Waals surface area contributed by atoms with Crippen molar-refractivity contribution in [3.05, 3.63) is 0 Å². The average molecular weight is 174 g/mol. The minimum absolute atomic E-state index is 0.231. The molecular weight excluding hydrogens is 152 g/mol. The molecule has 12 heavy (non-hydrogen) atoms. The van der Waals surface area contributed by atoms with Gasteiger partial charge in [-0.25, -0.2) is 0 Å². The normalized spacial score (nSPS) is 14.2. The third kappa shape index (κ3) is 4.70. The lowest BCUT2D eigenvalue weighted by atomic mass is 10.4. The lowest BCUT2D eigenvalue weighted by molar-refractivity contribution is -0.0519. The molecule has 0 heterocycles. The summed E-state index contributed by atoms with van der Waals surface area (Å²) in [5.41, 5.74) is 0. The van der Waals surface area contributed by atoms with E-state index in [2.05, 4.69) is 37.9 Å². The first-order chi connectivity index (χ1) is 5.61. The Bertz CT molecular complexity index is 107. The van der Waals surface area contributed by atoms with Gasteiger partial charge in [0.1, 0.15) is 6.23 Å². The fourth-order valence-electron chi connectivity index (χ4n) is 1.03. The van der Waals surface area contributed by atoms with Crippen molar-refractivity contribution < 1.29 is 4.74 Å². The molecule has 0 spiro atoms. The summed E-state index contributed by atoms with van der Waals surface area (Å²) in [6.45, 7) is 6.94. The predicted molar refractivity (Wildman–Crippen MR) is 52.3 cm³/mol. The van der Waals surface area contributed by atoms with Crippen molar-refractivity contribution in [2.45, 2.75) is 20.1 Å². The molecule has 0 aliphatic rings. The van der Waals surface area contributed by atoms with Crippen LogP contribution in [0.15, 0.2) is 0 Å². The summed E-state index contributed by atoms with van der Waals surface area (Å²) in [5.74, 6) is 0. The molecule has 0 aromatic heterocycles. The second kappa shape index (κ2) is 6.40. The van der Waals surface area contributed by atoms with Gasteiger partial charge in [0.2, 0.25) is 0 Å². The van der Waals surface area contributed by atoms with Gasteiger partial charge in [-0.05, 0) is 34.6 Å². The fraction of sp³-hybridized carbons (Fsp3) is 1.00. The van der Waals surface area contributed by atoms with E-state index in [-0.39, 0.29) is 6.23 Å². The Morgan fingerprint density at radius 1 is 1.17 bits per heavy atom. The molecule has 0 aromatic carbocycles. The van der Waals surface area contributed by atoms with Gasteiger partial charge in [0.15, 0.2) is 0 Å². The van der Waals surface area contributed by atoms with Crippen LogP contribution in [0.2, 0.25) is 0 Å². The maximum atomic E-state index is 5.59. The SMILES string of the molecule is CCOC(CN(C)C)N(C)CC. The van der Waals surface area contributed by atoms with Crippen LogP contribution in [0.4, 0.5) is 0 Å². The quantitative estimate of drug-likeness (QED) is 0.556. The Hall–Kier alpha value is -0.120. The first kappa shape index (κ1) is 11.9. The molecule has 0 radical (unpaired) electrons. The van der Waals surface area contributed by atoms with E-state index in [1.165, 1.54) is 0 Å². The van der Waals surface area contributed by atoms with Gasteiger partial charge in [-0.3, -0.25) is 4.90 Å². The van der Waals surface area contributed by atoms with E-state index in [0.29, 0.717) is 0 Å². The van der Waals surface area contributed by atoms with Crippen LogP contribution in [0.1, 0.15) is 13.8 Å². The molecule has 0 aliphatic heterocycles. The largest absolute Gasteiger partial charge is 0.362 e. The van der Waals surface area contributed by atoms with Gasteiger partial charge in [0, 0.05) is 13.2 Å². The summed E-state index contributed by atoms with van der Waals surface area (Å²) in [4.78, 5) is 4.36. The molecule has 74 valence electrons. The van der Waals surface area contributed by atoms with Gasteiger partial charge in [0.25, 0.3) is 0 Å². The second-order valence-corrected chi connectivity index (χ2v) is 3.25. The van der Waals surface area contributed by atoms with Crippen LogP contribution in [0.3, 0.4) is 0 Å². The monoisotopic (exact) mass is 174 g/mol. The minimum Gasteiger partial charge on any atom is -0.362 e. The molecule has 1 atom stereocenters. The summed E-state index contributed by atoms with van der Waals surface area (Å²) in [6, 6.07) is 0. The molecule has 0 aromatic rings. The highest BCUT2D eigenvalue weighted by Gasteiger charge is 2.13. The fourth-order valence-corrected chi connectivity index (χ4v) is 1.03. The van der Waals surface area contributed by atoms with Crippen LogP contribution in [-0.4, -0.2) is 56.9 Å². The highest BCUT2D eigenvalue weighted by atomic mass is 16.5. The number of hydrogen-bond donors (Lipinski definition) is 0. The van der Waals surface area contributed by atoms with Crippen molar-refractivity contribution >= 4 is 0 Å². The minimum atomic E-state index is 0.231. The van der Waals surface area contributed by atoms with Crippen LogP contribution in [0.25, 0.3) is 0 Å². The molecule has 0 saturated heterocycles. The van der Waals surface area contributed by atoms with E-state index in [1.807, 2.05) is 6.92 Å². The van der Waals surface area contributed by atoms with E-state index in [1.54, 1.807) is 0 Å². The molecule has 0 aliphatic carbocycles. The van der Waals surface area contributed by atoms with E-state index < -0.39 is 0 Å². The van der Waals surface area contributed by atoms with Gasteiger partial charge >= 0.3 is 0 Å². The van der Waals surface area contributed by atoms with E-state index in [4.69, 9.17) is 4.74 Å². The summed E-state index contributed by atoms with van der Waals surface area (Å²) < 4.78 is 5.59. The van der Waals surface area contributed by atoms with Crippen molar-refractivity contribution in [3.8, 4) is 0 Å². The Balaban J connectivity index is 3.84. The Morgan fingerprint density at radius 2 is 1.75 bits per heavy atom. The van der Waals surface area contributed by atoms with Crippen molar-refractivity contribution in [2.24, 2.45) is 0 Å². The standard InChI is InChI=1S/C9H22N2O/c1-6-11(5)9(12-7-2)8-10(3)4/h9H,6-8H2,1-5H3. The van der Waals surface area contributed by atoms with Gasteiger partial charge in [0.05, 0.1) is 0 Å². The number of ether oxygens (including phenoxy) is 1. The average Bonchev–Trinajstić information content (AvgIpc) is 2.01. The van der Waals surface area contributed by atoms with E-state index in [0.717, 1.165) is 19.7 Å². The van der Waals surface area contributed by atoms with E-state index >= 15 is 0 Å². The lowest BCUT2D eigenvalue weighted by Gasteiger charge is -2.28. The van der Waals surface area contributed by atoms with Crippen LogP contribution < -0.4 is 0 Å². The molecule has 0 amide bonds. The first-order valence-electron chi connectivity index (χ1n) is 4.58. The number of hydrogen-bond acceptors (Lipinski definition) is 3. The van der Waals surface area contributed by atoms with Crippen molar-refractivity contribution in [1.29, 1.82) is 0 Å². The van der Waals surface area contributed by atoms with Crippen LogP contribution in [0, 0.1) is 0 Å². The van der Waals surface area contributed by atoms with Crippen molar-refractivity contribution in [1.82, 2.24) is 9.80 Å².